The summed E-state index contributed by atoms with van der Waals surface area (Å²) in [6.07, 6.45) is 13.1. The van der Waals surface area contributed by atoms with Crippen molar-refractivity contribution in [3.05, 3.63) is 0 Å². The summed E-state index contributed by atoms with van der Waals surface area (Å²) in [6, 6.07) is 0. The molecule has 9 atom stereocenters. The molecule has 1 amide bonds. The number of ether oxygens (including phenoxy) is 1. The highest BCUT2D eigenvalue weighted by Gasteiger charge is 2.72. The minimum Gasteiger partial charge on any atom is -0.377 e. The molecule has 4 saturated carbocycles. The summed E-state index contributed by atoms with van der Waals surface area (Å²) in [6.45, 7) is 18.6. The lowest BCUT2D eigenvalue weighted by atomic mass is 9.32. The van der Waals surface area contributed by atoms with Gasteiger partial charge in [0.05, 0.1) is 12.7 Å². The fourth-order valence-corrected chi connectivity index (χ4v) is 11.8. The molecule has 0 radical (unpaired) electrons. The molecule has 186 valence electrons. The molecule has 2 aliphatic heterocycles. The molecular weight excluding hydrogens is 406 g/mol. The minimum atomic E-state index is -0.0988. The van der Waals surface area contributed by atoms with E-state index in [4.69, 9.17) is 4.74 Å². The first kappa shape index (κ1) is 22.9. The second kappa shape index (κ2) is 6.60. The highest BCUT2D eigenvalue weighted by Crippen LogP contribution is 2.77. The molecule has 33 heavy (non-hydrogen) atoms. The lowest BCUT2D eigenvalue weighted by molar-refractivity contribution is -0.231. The molecule has 2 saturated heterocycles. The topological polar surface area (TPSA) is 38.3 Å². The fraction of sp³-hybridized carbons (Fsp3) is 0.967. The zero-order chi connectivity index (χ0) is 23.7. The molecule has 1 N–H and O–H groups in total. The number of hydrogen-bond acceptors (Lipinski definition) is 2. The van der Waals surface area contributed by atoms with Crippen molar-refractivity contribution >= 4 is 5.91 Å². The predicted molar refractivity (Wildman–Crippen MR) is 133 cm³/mol. The maximum absolute atomic E-state index is 12.7. The maximum Gasteiger partial charge on any atom is 0.220 e. The molecule has 0 unspecified atom stereocenters. The van der Waals surface area contributed by atoms with Crippen LogP contribution in [-0.2, 0) is 9.53 Å². The summed E-state index contributed by atoms with van der Waals surface area (Å²) < 4.78 is 6.71. The molecule has 4 aliphatic carbocycles. The highest BCUT2D eigenvalue weighted by molar-refractivity contribution is 5.77. The van der Waals surface area contributed by atoms with Gasteiger partial charge >= 0.3 is 0 Å². The Morgan fingerprint density at radius 2 is 1.52 bits per heavy atom. The Labute approximate surface area is 202 Å². The van der Waals surface area contributed by atoms with Crippen molar-refractivity contribution in [1.82, 2.24) is 5.32 Å². The van der Waals surface area contributed by atoms with Crippen LogP contribution in [0, 0.1) is 50.7 Å². The van der Waals surface area contributed by atoms with Crippen molar-refractivity contribution < 1.29 is 9.53 Å². The van der Waals surface area contributed by atoms with Gasteiger partial charge in [-0.3, -0.25) is 4.79 Å². The maximum atomic E-state index is 12.7. The van der Waals surface area contributed by atoms with Crippen LogP contribution >= 0.6 is 0 Å². The molecule has 3 nitrogen and oxygen atoms in total. The second-order valence-electron chi connectivity index (χ2n) is 15.5. The number of fused-ring (bicyclic) bond motifs is 5. The first-order valence-electron chi connectivity index (χ1n) is 14.2. The number of carbonyl (C=O) groups is 1. The predicted octanol–water partition coefficient (Wildman–Crippen LogP) is 6.75. The van der Waals surface area contributed by atoms with E-state index in [0.717, 1.165) is 30.8 Å². The average Bonchev–Trinajstić information content (AvgIpc) is 3.01. The van der Waals surface area contributed by atoms with Gasteiger partial charge < -0.3 is 10.1 Å². The normalized spacial score (nSPS) is 56.5. The van der Waals surface area contributed by atoms with Crippen LogP contribution in [0.5, 0.6) is 0 Å². The van der Waals surface area contributed by atoms with E-state index in [1.807, 2.05) is 0 Å². The van der Waals surface area contributed by atoms with Gasteiger partial charge in [-0.1, -0.05) is 34.6 Å². The molecule has 0 aromatic carbocycles. The third kappa shape index (κ3) is 2.70. The molecule has 0 aromatic rings. The summed E-state index contributed by atoms with van der Waals surface area (Å²) in [4.78, 5) is 12.7. The zero-order valence-corrected chi connectivity index (χ0v) is 22.5. The van der Waals surface area contributed by atoms with Gasteiger partial charge in [-0.25, -0.2) is 0 Å². The zero-order valence-electron chi connectivity index (χ0n) is 22.5. The van der Waals surface area contributed by atoms with Gasteiger partial charge in [-0.05, 0) is 122 Å². The highest BCUT2D eigenvalue weighted by atomic mass is 16.5. The summed E-state index contributed by atoms with van der Waals surface area (Å²) in [5.41, 5.74) is 1.70. The molecule has 2 bridgehead atoms. The summed E-state index contributed by atoms with van der Waals surface area (Å²) >= 11 is 0. The third-order valence-electron chi connectivity index (χ3n) is 13.6. The lowest BCUT2D eigenvalue weighted by Gasteiger charge is -2.72. The number of rotatable bonds is 0. The van der Waals surface area contributed by atoms with E-state index < -0.39 is 0 Å². The number of nitrogens with one attached hydrogen (secondary N) is 1. The van der Waals surface area contributed by atoms with E-state index in [9.17, 15) is 4.79 Å². The summed E-state index contributed by atoms with van der Waals surface area (Å²) in [5, 5.41) is 3.43. The monoisotopic (exact) mass is 455 g/mol. The van der Waals surface area contributed by atoms with Gasteiger partial charge in [0.2, 0.25) is 5.91 Å². The second-order valence-corrected chi connectivity index (χ2v) is 15.5. The van der Waals surface area contributed by atoms with Gasteiger partial charge in [0.15, 0.2) is 0 Å². The Balaban J connectivity index is 1.40. The van der Waals surface area contributed by atoms with E-state index >= 15 is 0 Å². The first-order chi connectivity index (χ1) is 15.3. The SMILES string of the molecule is CC1(C)CC[C@]23CC[C@]4(C)[C@H](CC[C@@H]5[C@@]6(C)CCC(=O)NC(C)(C)[C@@H]6CC[C@]54C)[C@H]2[C@H]1OC3. The van der Waals surface area contributed by atoms with Crippen molar-refractivity contribution in [2.45, 2.75) is 124 Å². The van der Waals surface area contributed by atoms with Crippen LogP contribution in [0.2, 0.25) is 0 Å². The van der Waals surface area contributed by atoms with Crippen molar-refractivity contribution in [2.75, 3.05) is 6.61 Å². The van der Waals surface area contributed by atoms with Crippen molar-refractivity contribution in [3.8, 4) is 0 Å². The van der Waals surface area contributed by atoms with Crippen LogP contribution in [0.1, 0.15) is 113 Å². The van der Waals surface area contributed by atoms with Gasteiger partial charge in [0.25, 0.3) is 0 Å². The number of carbonyl (C=O) groups excluding carboxylic acids is 1. The van der Waals surface area contributed by atoms with E-state index in [2.05, 4.69) is 53.8 Å². The van der Waals surface area contributed by atoms with Gasteiger partial charge in [0.1, 0.15) is 0 Å². The van der Waals surface area contributed by atoms with E-state index in [1.165, 1.54) is 51.4 Å². The van der Waals surface area contributed by atoms with Crippen LogP contribution in [0.3, 0.4) is 0 Å². The largest absolute Gasteiger partial charge is 0.377 e. The van der Waals surface area contributed by atoms with Crippen molar-refractivity contribution in [3.63, 3.8) is 0 Å². The van der Waals surface area contributed by atoms with E-state index in [1.54, 1.807) is 0 Å². The molecule has 6 aliphatic rings. The van der Waals surface area contributed by atoms with Crippen LogP contribution < -0.4 is 5.32 Å². The number of amides is 1. The quantitative estimate of drug-likeness (QED) is 0.439. The van der Waals surface area contributed by atoms with Gasteiger partial charge in [-0.2, -0.15) is 0 Å². The molecule has 6 fully saturated rings. The Bertz CT molecular complexity index is 863. The smallest absolute Gasteiger partial charge is 0.220 e. The Morgan fingerprint density at radius 1 is 0.788 bits per heavy atom. The molecule has 0 spiro atoms. The van der Waals surface area contributed by atoms with Crippen LogP contribution in [0.15, 0.2) is 0 Å². The Hall–Kier alpha value is -0.570. The minimum absolute atomic E-state index is 0.0988. The first-order valence-corrected chi connectivity index (χ1v) is 14.2. The summed E-state index contributed by atoms with van der Waals surface area (Å²) in [7, 11) is 0. The molecule has 6 rings (SSSR count). The Kier molecular flexibility index (Phi) is 4.57. The van der Waals surface area contributed by atoms with Crippen molar-refractivity contribution in [1.29, 1.82) is 0 Å². The van der Waals surface area contributed by atoms with Gasteiger partial charge in [0, 0.05) is 12.0 Å². The molecular formula is C30H49NO2. The van der Waals surface area contributed by atoms with E-state index in [0.29, 0.717) is 40.1 Å². The molecule has 2 heterocycles. The van der Waals surface area contributed by atoms with E-state index in [-0.39, 0.29) is 16.9 Å². The molecule has 0 aromatic heterocycles. The summed E-state index contributed by atoms with van der Waals surface area (Å²) in [5.74, 6) is 3.14. The average molecular weight is 456 g/mol. The van der Waals surface area contributed by atoms with Crippen LogP contribution in [-0.4, -0.2) is 24.2 Å². The Morgan fingerprint density at radius 3 is 2.27 bits per heavy atom. The number of hydrogen-bond donors (Lipinski definition) is 1. The van der Waals surface area contributed by atoms with Crippen molar-refractivity contribution in [2.24, 2.45) is 50.7 Å². The van der Waals surface area contributed by atoms with Gasteiger partial charge in [-0.15, -0.1) is 0 Å². The standard InChI is InChI=1S/C30H49NO2/c1-25(2)14-16-30-17-15-28(6)19(23(30)24(25)33-18-30)8-9-21-27(5)12-11-22(32)31-26(3,4)20(27)10-13-29(21,28)7/h19-21,23-24H,8-18H2,1-7H3,(H,31,32)/t19-,20+,21-,23+,24-,27+,28-,29-,30-/m1/s1. The van der Waals surface area contributed by atoms with Crippen LogP contribution in [0.4, 0.5) is 0 Å². The fourth-order valence-electron chi connectivity index (χ4n) is 11.8. The lowest BCUT2D eigenvalue weighted by Crippen LogP contribution is -2.67. The third-order valence-corrected chi connectivity index (χ3v) is 13.6. The molecule has 3 heteroatoms. The van der Waals surface area contributed by atoms with Crippen LogP contribution in [0.25, 0.3) is 0 Å².